The van der Waals surface area contributed by atoms with Gasteiger partial charge in [0.05, 0.1) is 45.2 Å². The van der Waals surface area contributed by atoms with Crippen LogP contribution in [-0.4, -0.2) is 51.4 Å². The van der Waals surface area contributed by atoms with Crippen molar-refractivity contribution < 1.29 is 40.7 Å². The number of hydrogen-bond acceptors (Lipinski definition) is 9. The van der Waals surface area contributed by atoms with Gasteiger partial charge in [0.15, 0.2) is 11.6 Å². The molecule has 1 saturated carbocycles. The molecule has 3 aromatic carbocycles. The lowest BCUT2D eigenvalue weighted by Crippen LogP contribution is -2.43. The molecular formula is C33H29F2N3O8S. The van der Waals surface area contributed by atoms with Crippen LogP contribution in [-0.2, 0) is 26.0 Å². The van der Waals surface area contributed by atoms with Crippen molar-refractivity contribution in [3.8, 4) is 17.2 Å². The first-order valence-electron chi connectivity index (χ1n) is 14.7. The number of aromatic nitrogens is 2. The number of pyridine rings is 1. The maximum Gasteiger partial charge on any atom is 0.268 e. The normalized spacial score (nSPS) is 16.0. The number of anilines is 1. The average Bonchev–Trinajstić information content (AvgIpc) is 3.76. The van der Waals surface area contributed by atoms with Crippen LogP contribution in [0.2, 0.25) is 0 Å². The van der Waals surface area contributed by atoms with Crippen LogP contribution in [0.3, 0.4) is 0 Å². The van der Waals surface area contributed by atoms with Gasteiger partial charge in [-0.3, -0.25) is 9.36 Å². The van der Waals surface area contributed by atoms with E-state index in [9.17, 15) is 13.2 Å². The number of nitrogens with zero attached hydrogens (tertiary/aromatic N) is 3. The van der Waals surface area contributed by atoms with Gasteiger partial charge >= 0.3 is 0 Å². The minimum Gasteiger partial charge on any atom is -0.497 e. The topological polar surface area (TPSA) is 122 Å². The van der Waals surface area contributed by atoms with Crippen LogP contribution in [0.5, 0.6) is 11.5 Å². The fraction of sp³-hybridized carbons (Fsp3) is 0.273. The molecule has 1 aliphatic heterocycles. The molecule has 2 fully saturated rings. The molecule has 0 atom stereocenters. The van der Waals surface area contributed by atoms with E-state index in [0.29, 0.717) is 42.9 Å². The number of halogens is 2. The minimum atomic E-state index is -4.58. The maximum absolute atomic E-state index is 16.0. The third-order valence-corrected chi connectivity index (χ3v) is 10.4. The summed E-state index contributed by atoms with van der Waals surface area (Å²) in [6.45, 7) is 0.781. The molecule has 11 nitrogen and oxygen atoms in total. The molecule has 1 saturated heterocycles. The third-order valence-electron chi connectivity index (χ3n) is 8.59. The van der Waals surface area contributed by atoms with Gasteiger partial charge in [-0.15, -0.1) is 0 Å². The fourth-order valence-corrected chi connectivity index (χ4v) is 7.66. The molecule has 2 aliphatic rings. The molecule has 0 radical (unpaired) electrons. The van der Waals surface area contributed by atoms with Gasteiger partial charge in [-0.25, -0.2) is 21.5 Å². The Hall–Kier alpha value is -4.79. The smallest absolute Gasteiger partial charge is 0.268 e. The first kappa shape index (κ1) is 30.8. The van der Waals surface area contributed by atoms with Crippen LogP contribution in [0.25, 0.3) is 16.6 Å². The molecule has 244 valence electrons. The molecule has 1 spiro atoms. The third kappa shape index (κ3) is 5.41. The second-order valence-corrected chi connectivity index (χ2v) is 13.2. The highest BCUT2D eigenvalue weighted by Gasteiger charge is 2.50. The molecule has 14 heteroatoms. The van der Waals surface area contributed by atoms with E-state index in [1.807, 2.05) is 0 Å². The molecule has 5 aromatic rings. The number of benzene rings is 3. The van der Waals surface area contributed by atoms with Crippen molar-refractivity contribution in [1.82, 2.24) is 9.72 Å². The zero-order chi connectivity index (χ0) is 32.9. The van der Waals surface area contributed by atoms with E-state index in [1.165, 1.54) is 50.8 Å². The molecule has 0 N–H and O–H groups in total. The molecule has 2 aromatic heterocycles. The van der Waals surface area contributed by atoms with E-state index in [2.05, 4.69) is 5.16 Å². The standard InChI is InChI=1S/C33H29F2N3O8S/c1-42-23-6-3-20(4-7-23)19-37(31-9-10-46-36-31)47(40,41)30-13-21-5-8-32(39)38(27(21)16-26(30)35)28-15-25(34)24(14-29(28)43-2)22-17-33(18-22)44-11-12-45-33/h3-10,13-16,22H,11-12,17-19H2,1-2H3. The second-order valence-electron chi connectivity index (χ2n) is 11.3. The van der Waals surface area contributed by atoms with E-state index in [1.54, 1.807) is 24.3 Å². The van der Waals surface area contributed by atoms with Gasteiger partial charge in [0.1, 0.15) is 34.3 Å². The zero-order valence-electron chi connectivity index (χ0n) is 25.3. The number of sulfonamides is 1. The Labute approximate surface area is 267 Å². The molecule has 0 bridgehead atoms. The highest BCUT2D eigenvalue weighted by Crippen LogP contribution is 2.51. The summed E-state index contributed by atoms with van der Waals surface area (Å²) in [5.74, 6) is -1.89. The fourth-order valence-electron chi connectivity index (χ4n) is 6.18. The van der Waals surface area contributed by atoms with Crippen LogP contribution in [0.15, 0.2) is 87.2 Å². The lowest BCUT2D eigenvalue weighted by molar-refractivity contribution is -0.215. The second kappa shape index (κ2) is 11.8. The van der Waals surface area contributed by atoms with Crippen LogP contribution in [0.4, 0.5) is 14.6 Å². The van der Waals surface area contributed by atoms with Crippen molar-refractivity contribution in [1.29, 1.82) is 0 Å². The summed E-state index contributed by atoms with van der Waals surface area (Å²) in [5, 5.41) is 3.99. The van der Waals surface area contributed by atoms with Crippen molar-refractivity contribution in [2.75, 3.05) is 31.7 Å². The zero-order valence-corrected chi connectivity index (χ0v) is 26.1. The van der Waals surface area contributed by atoms with E-state index >= 15 is 8.78 Å². The number of methoxy groups -OCH3 is 2. The summed E-state index contributed by atoms with van der Waals surface area (Å²) < 4.78 is 88.8. The van der Waals surface area contributed by atoms with Crippen LogP contribution >= 0.6 is 0 Å². The van der Waals surface area contributed by atoms with Gasteiger partial charge in [0, 0.05) is 42.5 Å². The number of rotatable bonds is 9. The first-order chi connectivity index (χ1) is 22.6. The van der Waals surface area contributed by atoms with E-state index in [-0.39, 0.29) is 40.6 Å². The SMILES string of the molecule is COc1ccc(CN(c2ccon2)S(=O)(=O)c2cc3ccc(=O)n(-c4cc(F)c(C5CC6(C5)OCCO6)cc4OC)c3cc2F)cc1. The number of fused-ring (bicyclic) bond motifs is 1. The molecule has 0 amide bonds. The Morgan fingerprint density at radius 1 is 0.957 bits per heavy atom. The molecule has 3 heterocycles. The Morgan fingerprint density at radius 3 is 2.36 bits per heavy atom. The molecule has 1 aliphatic carbocycles. The molecule has 0 unspecified atom stereocenters. The predicted molar refractivity (Wildman–Crippen MR) is 165 cm³/mol. The van der Waals surface area contributed by atoms with Crippen LogP contribution in [0, 0.1) is 11.6 Å². The van der Waals surface area contributed by atoms with Crippen molar-refractivity contribution in [2.45, 2.75) is 36.0 Å². The lowest BCUT2D eigenvalue weighted by Gasteiger charge is -2.43. The minimum absolute atomic E-state index is 0.0119. The van der Waals surface area contributed by atoms with Crippen LogP contribution < -0.4 is 19.3 Å². The number of hydrogen-bond donors (Lipinski definition) is 0. The first-order valence-corrected chi connectivity index (χ1v) is 16.1. The summed E-state index contributed by atoms with van der Waals surface area (Å²) in [7, 11) is -1.68. The van der Waals surface area contributed by atoms with E-state index in [0.717, 1.165) is 21.0 Å². The predicted octanol–water partition coefficient (Wildman–Crippen LogP) is 5.29. The summed E-state index contributed by atoms with van der Waals surface area (Å²) in [5.41, 5.74) is 0.402. The average molecular weight is 666 g/mol. The van der Waals surface area contributed by atoms with Crippen LogP contribution in [0.1, 0.15) is 29.9 Å². The quantitative estimate of drug-likeness (QED) is 0.207. The summed E-state index contributed by atoms with van der Waals surface area (Å²) in [4.78, 5) is 12.6. The highest BCUT2D eigenvalue weighted by atomic mass is 32.2. The summed E-state index contributed by atoms with van der Waals surface area (Å²) in [6, 6.07) is 15.4. The van der Waals surface area contributed by atoms with E-state index < -0.39 is 37.9 Å². The van der Waals surface area contributed by atoms with E-state index in [4.69, 9.17) is 23.5 Å². The Kier molecular flexibility index (Phi) is 7.73. The monoisotopic (exact) mass is 665 g/mol. The maximum atomic E-state index is 16.0. The molecule has 7 rings (SSSR count). The van der Waals surface area contributed by atoms with Gasteiger partial charge in [-0.1, -0.05) is 17.3 Å². The lowest BCUT2D eigenvalue weighted by atomic mass is 9.74. The molecule has 47 heavy (non-hydrogen) atoms. The van der Waals surface area contributed by atoms with Crippen molar-refractivity contribution in [3.05, 3.63) is 106 Å². The van der Waals surface area contributed by atoms with Crippen molar-refractivity contribution in [2.24, 2.45) is 0 Å². The summed E-state index contributed by atoms with van der Waals surface area (Å²) >= 11 is 0. The largest absolute Gasteiger partial charge is 0.497 e. The summed E-state index contributed by atoms with van der Waals surface area (Å²) in [6.07, 6.45) is 2.16. The number of ether oxygens (including phenoxy) is 4. The van der Waals surface area contributed by atoms with Gasteiger partial charge in [-0.2, -0.15) is 0 Å². The Balaban J connectivity index is 1.29. The Bertz CT molecular complexity index is 2120. The van der Waals surface area contributed by atoms with Crippen molar-refractivity contribution >= 4 is 26.7 Å². The van der Waals surface area contributed by atoms with Gasteiger partial charge in [-0.05, 0) is 47.4 Å². The van der Waals surface area contributed by atoms with Gasteiger partial charge < -0.3 is 23.5 Å². The highest BCUT2D eigenvalue weighted by molar-refractivity contribution is 7.92. The molecular weight excluding hydrogens is 636 g/mol. The van der Waals surface area contributed by atoms with Gasteiger partial charge in [0.2, 0.25) is 0 Å². The van der Waals surface area contributed by atoms with Gasteiger partial charge in [0.25, 0.3) is 15.6 Å². The van der Waals surface area contributed by atoms with Crippen molar-refractivity contribution in [3.63, 3.8) is 0 Å². The Morgan fingerprint density at radius 2 is 1.70 bits per heavy atom.